The molecule has 0 radical (unpaired) electrons. The first-order valence-electron chi connectivity index (χ1n) is 9.86. The molecule has 2 fully saturated rings. The number of aromatic nitrogens is 3. The summed E-state index contributed by atoms with van der Waals surface area (Å²) >= 11 is 1.51. The second kappa shape index (κ2) is 7.56. The summed E-state index contributed by atoms with van der Waals surface area (Å²) in [4.78, 5) is 26.5. The molecule has 3 aliphatic rings. The summed E-state index contributed by atoms with van der Waals surface area (Å²) in [5.41, 5.74) is 3.05. The van der Waals surface area contributed by atoms with E-state index in [2.05, 4.69) is 32.4 Å². The third-order valence-electron chi connectivity index (χ3n) is 5.35. The molecule has 1 amide bonds. The van der Waals surface area contributed by atoms with E-state index in [1.807, 2.05) is 18.5 Å². The summed E-state index contributed by atoms with van der Waals surface area (Å²) in [6.45, 7) is 0.479. The van der Waals surface area contributed by atoms with E-state index in [0.29, 0.717) is 17.8 Å². The summed E-state index contributed by atoms with van der Waals surface area (Å²) in [7, 11) is 0. The molecule has 1 N–H and O–H groups in total. The van der Waals surface area contributed by atoms with Gasteiger partial charge in [-0.25, -0.2) is 15.0 Å². The Morgan fingerprint density at radius 2 is 2.04 bits per heavy atom. The fourth-order valence-corrected chi connectivity index (χ4v) is 4.14. The van der Waals surface area contributed by atoms with Crippen LogP contribution in [-0.2, 0) is 16.1 Å². The van der Waals surface area contributed by atoms with Gasteiger partial charge >= 0.3 is 0 Å². The van der Waals surface area contributed by atoms with Crippen molar-refractivity contribution in [3.63, 3.8) is 0 Å². The molecule has 2 aromatic heterocycles. The molecule has 2 saturated carbocycles. The van der Waals surface area contributed by atoms with Gasteiger partial charge in [0.05, 0.1) is 16.7 Å². The normalized spacial score (nSPS) is 18.8. The number of nitrogens with one attached hydrogen (secondary N) is 1. The van der Waals surface area contributed by atoms with Crippen molar-refractivity contribution in [3.05, 3.63) is 40.4 Å². The van der Waals surface area contributed by atoms with E-state index in [4.69, 9.17) is 4.74 Å². The highest BCUT2D eigenvalue weighted by molar-refractivity contribution is 7.16. The van der Waals surface area contributed by atoms with Crippen molar-refractivity contribution in [2.24, 2.45) is 5.92 Å². The number of thiazole rings is 1. The van der Waals surface area contributed by atoms with Gasteiger partial charge in [0.1, 0.15) is 6.61 Å². The fourth-order valence-electron chi connectivity index (χ4n) is 3.21. The summed E-state index contributed by atoms with van der Waals surface area (Å²) in [5, 5.41) is 3.61. The van der Waals surface area contributed by atoms with Crippen LogP contribution < -0.4 is 5.32 Å². The predicted octanol–water partition coefficient (Wildman–Crippen LogP) is 4.31. The minimum atomic E-state index is 0.0881. The van der Waals surface area contributed by atoms with Crippen LogP contribution in [0.15, 0.2) is 18.5 Å². The second-order valence-corrected chi connectivity index (χ2v) is 8.59. The van der Waals surface area contributed by atoms with E-state index in [1.165, 1.54) is 17.8 Å². The van der Waals surface area contributed by atoms with Gasteiger partial charge in [-0.3, -0.25) is 4.79 Å². The standard InChI is InChI=1S/C21H22N4O2S/c26-20(13-7-8-13)25-21-24-17-6-1-3-14(9-18(17)28-21)15-10-22-19(23-11-15)12-27-16-4-2-5-16/h1,6,9-11,13,16H,2-5,7-8,12H2,(H,24,25,26). The number of nitrogens with zero attached hydrogens (tertiary/aromatic N) is 3. The Balaban J connectivity index is 1.30. The van der Waals surface area contributed by atoms with Crippen molar-refractivity contribution in [1.82, 2.24) is 15.0 Å². The lowest BCUT2D eigenvalue weighted by atomic mass is 9.96. The van der Waals surface area contributed by atoms with Crippen LogP contribution in [0, 0.1) is 5.92 Å². The fraction of sp³-hybridized carbons (Fsp3) is 0.429. The minimum absolute atomic E-state index is 0.0881. The Morgan fingerprint density at radius 3 is 2.75 bits per heavy atom. The number of hydrogen-bond acceptors (Lipinski definition) is 6. The molecule has 2 aromatic rings. The number of carbonyl (C=O) groups is 1. The van der Waals surface area contributed by atoms with Crippen molar-refractivity contribution in [2.45, 2.75) is 51.2 Å². The molecule has 0 saturated heterocycles. The van der Waals surface area contributed by atoms with E-state index in [0.717, 1.165) is 59.6 Å². The molecule has 0 unspecified atom stereocenters. The summed E-state index contributed by atoms with van der Waals surface area (Å²) in [5.74, 6) is 0.989. The van der Waals surface area contributed by atoms with Gasteiger partial charge in [-0.05, 0) is 56.3 Å². The van der Waals surface area contributed by atoms with Crippen molar-refractivity contribution in [2.75, 3.05) is 5.32 Å². The number of hydrogen-bond donors (Lipinski definition) is 1. The predicted molar refractivity (Wildman–Crippen MR) is 109 cm³/mol. The molecule has 3 aliphatic carbocycles. The monoisotopic (exact) mass is 394 g/mol. The van der Waals surface area contributed by atoms with Gasteiger partial charge in [-0.2, -0.15) is 0 Å². The number of anilines is 1. The number of allylic oxidation sites excluding steroid dienone is 2. The lowest BCUT2D eigenvalue weighted by molar-refractivity contribution is -0.117. The van der Waals surface area contributed by atoms with E-state index < -0.39 is 0 Å². The van der Waals surface area contributed by atoms with E-state index in [1.54, 1.807) is 0 Å². The highest BCUT2D eigenvalue weighted by atomic mass is 32.1. The average molecular weight is 395 g/mol. The number of carbonyl (C=O) groups excluding carboxylic acids is 1. The van der Waals surface area contributed by atoms with E-state index >= 15 is 0 Å². The molecule has 0 aromatic carbocycles. The molecular weight excluding hydrogens is 372 g/mol. The number of amides is 1. The Kier molecular flexibility index (Phi) is 4.78. The lowest BCUT2D eigenvalue weighted by Gasteiger charge is -2.24. The largest absolute Gasteiger partial charge is 0.370 e. The Morgan fingerprint density at radius 1 is 1.21 bits per heavy atom. The first-order valence-corrected chi connectivity index (χ1v) is 10.7. The van der Waals surface area contributed by atoms with Crippen molar-refractivity contribution in [3.8, 4) is 0 Å². The van der Waals surface area contributed by atoms with Crippen LogP contribution >= 0.6 is 11.3 Å². The van der Waals surface area contributed by atoms with Crippen molar-refractivity contribution in [1.29, 1.82) is 0 Å². The molecule has 2 heterocycles. The topological polar surface area (TPSA) is 77.0 Å². The zero-order chi connectivity index (χ0) is 18.9. The van der Waals surface area contributed by atoms with Crippen molar-refractivity contribution >= 4 is 40.1 Å². The van der Waals surface area contributed by atoms with Gasteiger partial charge in [0.2, 0.25) is 5.91 Å². The van der Waals surface area contributed by atoms with Crippen molar-refractivity contribution < 1.29 is 9.53 Å². The maximum absolute atomic E-state index is 12.0. The first kappa shape index (κ1) is 17.7. The molecular formula is C21H22N4O2S. The minimum Gasteiger partial charge on any atom is -0.370 e. The van der Waals surface area contributed by atoms with Crippen LogP contribution in [0.25, 0.3) is 17.7 Å². The van der Waals surface area contributed by atoms with Crippen LogP contribution in [-0.4, -0.2) is 27.0 Å². The third-order valence-corrected chi connectivity index (χ3v) is 6.29. The van der Waals surface area contributed by atoms with Crippen LogP contribution in [0.3, 0.4) is 0 Å². The van der Waals surface area contributed by atoms with Crippen LogP contribution in [0.4, 0.5) is 5.13 Å². The second-order valence-electron chi connectivity index (χ2n) is 7.56. The molecule has 6 nitrogen and oxygen atoms in total. The number of rotatable bonds is 6. The van der Waals surface area contributed by atoms with Gasteiger partial charge in [0.15, 0.2) is 11.0 Å². The van der Waals surface area contributed by atoms with Gasteiger partial charge in [-0.15, -0.1) is 0 Å². The Bertz CT molecular complexity index is 940. The van der Waals surface area contributed by atoms with E-state index in [9.17, 15) is 4.79 Å². The van der Waals surface area contributed by atoms with Crippen LogP contribution in [0.5, 0.6) is 0 Å². The summed E-state index contributed by atoms with van der Waals surface area (Å²) in [6.07, 6.45) is 16.7. The van der Waals surface area contributed by atoms with Gasteiger partial charge in [-0.1, -0.05) is 17.4 Å². The molecule has 5 rings (SSSR count). The molecule has 7 heteroatoms. The molecule has 0 bridgehead atoms. The summed E-state index contributed by atoms with van der Waals surface area (Å²) in [6, 6.07) is 0. The third kappa shape index (κ3) is 3.91. The Labute approximate surface area is 167 Å². The van der Waals surface area contributed by atoms with E-state index in [-0.39, 0.29) is 11.8 Å². The lowest BCUT2D eigenvalue weighted by Crippen LogP contribution is -2.21. The average Bonchev–Trinajstić information content (AvgIpc) is 3.46. The quantitative estimate of drug-likeness (QED) is 0.790. The maximum atomic E-state index is 12.0. The molecule has 0 aliphatic heterocycles. The highest BCUT2D eigenvalue weighted by Gasteiger charge is 2.30. The zero-order valence-corrected chi connectivity index (χ0v) is 16.4. The smallest absolute Gasteiger partial charge is 0.229 e. The van der Waals surface area contributed by atoms with Crippen LogP contribution in [0.1, 0.15) is 60.5 Å². The number of ether oxygens (including phenoxy) is 1. The Hall–Kier alpha value is -2.38. The SMILES string of the molecule is O=C(Nc1nc2c(s1)C=C(c1cnc(COC3CCC3)nc1)CC=C2)C1CC1. The van der Waals surface area contributed by atoms with Gasteiger partial charge in [0, 0.05) is 23.9 Å². The highest BCUT2D eigenvalue weighted by Crippen LogP contribution is 2.35. The zero-order valence-electron chi connectivity index (χ0n) is 15.6. The van der Waals surface area contributed by atoms with Crippen LogP contribution in [0.2, 0.25) is 0 Å². The molecule has 28 heavy (non-hydrogen) atoms. The number of fused-ring (bicyclic) bond motifs is 1. The first-order chi connectivity index (χ1) is 13.7. The molecule has 0 atom stereocenters. The maximum Gasteiger partial charge on any atom is 0.229 e. The van der Waals surface area contributed by atoms with Gasteiger partial charge < -0.3 is 10.1 Å². The van der Waals surface area contributed by atoms with Gasteiger partial charge in [0.25, 0.3) is 0 Å². The molecule has 0 spiro atoms. The molecule has 144 valence electrons. The summed E-state index contributed by atoms with van der Waals surface area (Å²) < 4.78 is 5.78.